The smallest absolute Gasteiger partial charge is 0.0616 e. The lowest BCUT2D eigenvalue weighted by atomic mass is 10.1. The molecule has 5 rings (SSSR count). The highest BCUT2D eigenvalue weighted by molar-refractivity contribution is 6.34. The molecule has 4 aromatic rings. The fourth-order valence-electron chi connectivity index (χ4n) is 3.85. The highest BCUT2D eigenvalue weighted by Crippen LogP contribution is 2.39. The molecule has 0 spiro atoms. The van der Waals surface area contributed by atoms with Crippen molar-refractivity contribution in [3.05, 3.63) is 77.8 Å². The molecule has 0 N–H and O–H groups in total. The number of rotatable bonds is 1. The molecule has 1 heterocycles. The number of allylic oxidation sites excluding steroid dienone is 4. The van der Waals surface area contributed by atoms with Crippen molar-refractivity contribution in [2.75, 3.05) is 0 Å². The topological polar surface area (TPSA) is 4.93 Å². The van der Waals surface area contributed by atoms with Crippen molar-refractivity contribution in [3.63, 3.8) is 0 Å². The molecule has 24 heavy (non-hydrogen) atoms. The fraction of sp³-hybridized carbons (Fsp3) is 0.0909. The summed E-state index contributed by atoms with van der Waals surface area (Å²) >= 11 is 6.60. The summed E-state index contributed by atoms with van der Waals surface area (Å²) in [7, 11) is 0. The van der Waals surface area contributed by atoms with Gasteiger partial charge in [0.15, 0.2) is 0 Å². The highest BCUT2D eigenvalue weighted by Gasteiger charge is 2.18. The van der Waals surface area contributed by atoms with Crippen LogP contribution < -0.4 is 0 Å². The molecule has 1 aliphatic rings. The Morgan fingerprint density at radius 3 is 2.46 bits per heavy atom. The molecule has 0 amide bonds. The molecule has 1 aliphatic carbocycles. The summed E-state index contributed by atoms with van der Waals surface area (Å²) in [5.41, 5.74) is 3.69. The second-order valence-electron chi connectivity index (χ2n) is 6.27. The highest BCUT2D eigenvalue weighted by atomic mass is 35.5. The zero-order valence-corrected chi connectivity index (χ0v) is 13.9. The van der Waals surface area contributed by atoms with Gasteiger partial charge in [0, 0.05) is 21.9 Å². The van der Waals surface area contributed by atoms with Gasteiger partial charge in [-0.2, -0.15) is 0 Å². The Bertz CT molecular complexity index is 1160. The maximum atomic E-state index is 6.60. The lowest BCUT2D eigenvalue weighted by Crippen LogP contribution is -2.01. The van der Waals surface area contributed by atoms with E-state index < -0.39 is 0 Å². The molecule has 2 heteroatoms. The first-order chi connectivity index (χ1) is 11.8. The van der Waals surface area contributed by atoms with Crippen molar-refractivity contribution in [1.29, 1.82) is 0 Å². The van der Waals surface area contributed by atoms with Crippen molar-refractivity contribution in [2.45, 2.75) is 12.8 Å². The van der Waals surface area contributed by atoms with Gasteiger partial charge < -0.3 is 4.57 Å². The molecule has 0 saturated heterocycles. The van der Waals surface area contributed by atoms with Gasteiger partial charge in [-0.25, -0.2) is 0 Å². The van der Waals surface area contributed by atoms with Gasteiger partial charge >= 0.3 is 0 Å². The summed E-state index contributed by atoms with van der Waals surface area (Å²) in [5, 5.41) is 5.95. The Kier molecular flexibility index (Phi) is 3.04. The van der Waals surface area contributed by atoms with E-state index in [2.05, 4.69) is 71.3 Å². The van der Waals surface area contributed by atoms with Crippen LogP contribution in [-0.2, 0) is 0 Å². The normalized spacial score (nSPS) is 15.0. The lowest BCUT2D eigenvalue weighted by Gasteiger charge is -2.17. The van der Waals surface area contributed by atoms with E-state index in [1.54, 1.807) is 0 Å². The monoisotopic (exact) mass is 329 g/mol. The van der Waals surface area contributed by atoms with Crippen molar-refractivity contribution in [3.8, 4) is 0 Å². The van der Waals surface area contributed by atoms with Crippen LogP contribution in [0.4, 0.5) is 0 Å². The average molecular weight is 330 g/mol. The summed E-state index contributed by atoms with van der Waals surface area (Å²) in [6.45, 7) is 0. The van der Waals surface area contributed by atoms with E-state index >= 15 is 0 Å². The van der Waals surface area contributed by atoms with Crippen LogP contribution in [0.25, 0.3) is 38.3 Å². The van der Waals surface area contributed by atoms with E-state index in [1.165, 1.54) is 38.3 Å². The van der Waals surface area contributed by atoms with Crippen LogP contribution in [0.3, 0.4) is 0 Å². The van der Waals surface area contributed by atoms with E-state index in [1.807, 2.05) is 6.08 Å². The Balaban J connectivity index is 2.06. The molecule has 0 aliphatic heterocycles. The van der Waals surface area contributed by atoms with E-state index in [4.69, 9.17) is 11.6 Å². The van der Waals surface area contributed by atoms with Gasteiger partial charge in [0.2, 0.25) is 0 Å². The number of halogens is 1. The summed E-state index contributed by atoms with van der Waals surface area (Å²) in [4.78, 5) is 0. The number of para-hydroxylation sites is 1. The first kappa shape index (κ1) is 13.9. The van der Waals surface area contributed by atoms with Crippen LogP contribution in [0.2, 0.25) is 0 Å². The predicted octanol–water partition coefficient (Wildman–Crippen LogP) is 6.71. The minimum atomic E-state index is 0.844. The van der Waals surface area contributed by atoms with Gasteiger partial charge in [0.05, 0.1) is 16.1 Å². The lowest BCUT2D eigenvalue weighted by molar-refractivity contribution is 0.976. The third kappa shape index (κ3) is 1.88. The number of nitrogens with zero attached hydrogens (tertiary/aromatic N) is 1. The molecule has 1 aromatic heterocycles. The quantitative estimate of drug-likeness (QED) is 0.366. The summed E-state index contributed by atoms with van der Waals surface area (Å²) < 4.78 is 2.37. The zero-order valence-electron chi connectivity index (χ0n) is 13.2. The van der Waals surface area contributed by atoms with Gasteiger partial charge in [-0.1, -0.05) is 72.3 Å². The standard InChI is InChI=1S/C22H16ClN/c23-19-10-4-6-12-21(19)24-20-11-5-3-9-17(20)18-14-13-15-7-1-2-8-16(15)22(18)24/h1-5,7-11,13-14H,6,12H2. The Labute approximate surface area is 145 Å². The summed E-state index contributed by atoms with van der Waals surface area (Å²) in [6, 6.07) is 21.7. The third-order valence-electron chi connectivity index (χ3n) is 4.92. The van der Waals surface area contributed by atoms with Gasteiger partial charge in [-0.15, -0.1) is 0 Å². The average Bonchev–Trinajstić information content (AvgIpc) is 2.97. The first-order valence-corrected chi connectivity index (χ1v) is 8.69. The van der Waals surface area contributed by atoms with Crippen LogP contribution >= 0.6 is 11.6 Å². The molecule has 0 unspecified atom stereocenters. The largest absolute Gasteiger partial charge is 0.311 e. The van der Waals surface area contributed by atoms with E-state index in [-0.39, 0.29) is 0 Å². The first-order valence-electron chi connectivity index (χ1n) is 8.31. The number of fused-ring (bicyclic) bond motifs is 5. The van der Waals surface area contributed by atoms with Crippen LogP contribution in [0.1, 0.15) is 12.8 Å². The molecule has 116 valence electrons. The second-order valence-corrected chi connectivity index (χ2v) is 6.68. The molecule has 0 saturated carbocycles. The van der Waals surface area contributed by atoms with Gasteiger partial charge in [0.25, 0.3) is 0 Å². The SMILES string of the molecule is ClC1=C(n2c3ccccc3c3ccc4ccccc4c32)CCC=C1. The van der Waals surface area contributed by atoms with Crippen molar-refractivity contribution >= 4 is 49.9 Å². The Morgan fingerprint density at radius 1 is 0.792 bits per heavy atom. The third-order valence-corrected chi connectivity index (χ3v) is 5.26. The van der Waals surface area contributed by atoms with Crippen LogP contribution in [0.15, 0.2) is 77.8 Å². The second kappa shape index (κ2) is 5.25. The van der Waals surface area contributed by atoms with Crippen molar-refractivity contribution in [2.24, 2.45) is 0 Å². The van der Waals surface area contributed by atoms with E-state index in [0.29, 0.717) is 0 Å². The Morgan fingerprint density at radius 2 is 1.58 bits per heavy atom. The molecule has 0 atom stereocenters. The molecule has 0 fully saturated rings. The van der Waals surface area contributed by atoms with Crippen LogP contribution in [0, 0.1) is 0 Å². The molecule has 3 aromatic carbocycles. The minimum Gasteiger partial charge on any atom is -0.311 e. The zero-order chi connectivity index (χ0) is 16.1. The molecular weight excluding hydrogens is 314 g/mol. The number of aromatic nitrogens is 1. The van der Waals surface area contributed by atoms with Gasteiger partial charge in [-0.05, 0) is 30.4 Å². The molecule has 1 nitrogen and oxygen atoms in total. The molecule has 0 bridgehead atoms. The number of hydrogen-bond donors (Lipinski definition) is 0. The van der Waals surface area contributed by atoms with E-state index in [9.17, 15) is 0 Å². The Hall–Kier alpha value is -2.51. The van der Waals surface area contributed by atoms with Crippen LogP contribution in [-0.4, -0.2) is 4.57 Å². The maximum Gasteiger partial charge on any atom is 0.0616 e. The van der Waals surface area contributed by atoms with Crippen LogP contribution in [0.5, 0.6) is 0 Å². The molecule has 0 radical (unpaired) electrons. The maximum absolute atomic E-state index is 6.60. The summed E-state index contributed by atoms with van der Waals surface area (Å²) in [6.07, 6.45) is 6.18. The molecular formula is C22H16ClN. The minimum absolute atomic E-state index is 0.844. The van der Waals surface area contributed by atoms with Gasteiger partial charge in [-0.3, -0.25) is 0 Å². The van der Waals surface area contributed by atoms with Crippen molar-refractivity contribution in [1.82, 2.24) is 4.57 Å². The number of benzene rings is 3. The number of hydrogen-bond acceptors (Lipinski definition) is 0. The fourth-order valence-corrected chi connectivity index (χ4v) is 4.12. The van der Waals surface area contributed by atoms with Crippen molar-refractivity contribution < 1.29 is 0 Å². The summed E-state index contributed by atoms with van der Waals surface area (Å²) in [5.74, 6) is 0. The predicted molar refractivity (Wildman–Crippen MR) is 104 cm³/mol. The van der Waals surface area contributed by atoms with Gasteiger partial charge in [0.1, 0.15) is 0 Å². The van der Waals surface area contributed by atoms with E-state index in [0.717, 1.165) is 17.9 Å².